The molecule has 2 N–H and O–H groups in total. The minimum atomic E-state index is -1.06. The average molecular weight is 217 g/mol. The third-order valence-corrected chi connectivity index (χ3v) is 2.12. The highest BCUT2D eigenvalue weighted by atomic mass is 16.5. The predicted octanol–water partition coefficient (Wildman–Crippen LogP) is 1.33. The molecule has 0 heterocycles. The fourth-order valence-electron chi connectivity index (χ4n) is 1.34. The van der Waals surface area contributed by atoms with Crippen LogP contribution in [0, 0.1) is 5.92 Å². The molecule has 0 aliphatic heterocycles. The lowest BCUT2D eigenvalue weighted by molar-refractivity contribution is -0.149. The first-order valence-corrected chi connectivity index (χ1v) is 5.28. The Morgan fingerprint density at radius 3 is 2.33 bits per heavy atom. The molecule has 0 rings (SSSR count). The van der Waals surface area contributed by atoms with E-state index in [-0.39, 0.29) is 12.7 Å². The molecule has 0 aromatic heterocycles. The maximum absolute atomic E-state index is 11.2. The maximum atomic E-state index is 11.2. The van der Waals surface area contributed by atoms with Gasteiger partial charge in [-0.3, -0.25) is 0 Å². The number of carbonyl (C=O) groups is 1. The average Bonchev–Trinajstić information content (AvgIpc) is 2.12. The van der Waals surface area contributed by atoms with Gasteiger partial charge >= 0.3 is 5.97 Å². The van der Waals surface area contributed by atoms with Crippen molar-refractivity contribution in [2.75, 3.05) is 13.7 Å². The van der Waals surface area contributed by atoms with Gasteiger partial charge in [0.05, 0.1) is 19.8 Å². The Balaban J connectivity index is 3.98. The van der Waals surface area contributed by atoms with E-state index < -0.39 is 11.5 Å². The normalized spacial score (nSPS) is 17.3. The first kappa shape index (κ1) is 14.4. The number of hydrogen-bond acceptors (Lipinski definition) is 4. The SMILES string of the molecule is COC(=O)C(C)(N)COC(C)CC(C)C. The highest BCUT2D eigenvalue weighted by molar-refractivity contribution is 5.80. The lowest BCUT2D eigenvalue weighted by Crippen LogP contribution is -2.50. The van der Waals surface area contributed by atoms with Crippen LogP contribution in [0.4, 0.5) is 0 Å². The summed E-state index contributed by atoms with van der Waals surface area (Å²) in [4.78, 5) is 11.2. The Kier molecular flexibility index (Phi) is 5.83. The van der Waals surface area contributed by atoms with Gasteiger partial charge in [-0.15, -0.1) is 0 Å². The highest BCUT2D eigenvalue weighted by Crippen LogP contribution is 2.10. The second-order valence-corrected chi connectivity index (χ2v) is 4.66. The quantitative estimate of drug-likeness (QED) is 0.682. The van der Waals surface area contributed by atoms with Crippen molar-refractivity contribution in [1.29, 1.82) is 0 Å². The van der Waals surface area contributed by atoms with Crippen molar-refractivity contribution in [3.05, 3.63) is 0 Å². The summed E-state index contributed by atoms with van der Waals surface area (Å²) < 4.78 is 10.1. The van der Waals surface area contributed by atoms with E-state index in [9.17, 15) is 4.79 Å². The summed E-state index contributed by atoms with van der Waals surface area (Å²) in [6.45, 7) is 8.03. The Morgan fingerprint density at radius 2 is 1.93 bits per heavy atom. The van der Waals surface area contributed by atoms with Gasteiger partial charge in [0.15, 0.2) is 0 Å². The van der Waals surface area contributed by atoms with E-state index in [1.165, 1.54) is 7.11 Å². The van der Waals surface area contributed by atoms with Gasteiger partial charge in [0.25, 0.3) is 0 Å². The molecule has 4 nitrogen and oxygen atoms in total. The molecular weight excluding hydrogens is 194 g/mol. The molecule has 0 bridgehead atoms. The van der Waals surface area contributed by atoms with Crippen LogP contribution in [0.1, 0.15) is 34.1 Å². The van der Waals surface area contributed by atoms with E-state index in [1.807, 2.05) is 6.92 Å². The number of rotatable bonds is 6. The molecule has 0 fully saturated rings. The van der Waals surface area contributed by atoms with Crippen LogP contribution >= 0.6 is 0 Å². The second kappa shape index (κ2) is 6.08. The topological polar surface area (TPSA) is 61.5 Å². The minimum Gasteiger partial charge on any atom is -0.468 e. The molecule has 0 radical (unpaired) electrons. The zero-order valence-corrected chi connectivity index (χ0v) is 10.4. The van der Waals surface area contributed by atoms with Gasteiger partial charge in [-0.1, -0.05) is 13.8 Å². The van der Waals surface area contributed by atoms with Crippen molar-refractivity contribution >= 4 is 5.97 Å². The van der Waals surface area contributed by atoms with Crippen molar-refractivity contribution < 1.29 is 14.3 Å². The Morgan fingerprint density at radius 1 is 1.40 bits per heavy atom. The van der Waals surface area contributed by atoms with E-state index in [0.29, 0.717) is 5.92 Å². The molecular formula is C11H23NO3. The van der Waals surface area contributed by atoms with Gasteiger partial charge in [-0.25, -0.2) is 4.79 Å². The van der Waals surface area contributed by atoms with Gasteiger partial charge in [-0.05, 0) is 26.2 Å². The van der Waals surface area contributed by atoms with Crippen LogP contribution in [0.15, 0.2) is 0 Å². The van der Waals surface area contributed by atoms with Crippen LogP contribution in [-0.2, 0) is 14.3 Å². The van der Waals surface area contributed by atoms with Crippen molar-refractivity contribution in [3.63, 3.8) is 0 Å². The first-order valence-electron chi connectivity index (χ1n) is 5.28. The number of hydrogen-bond donors (Lipinski definition) is 1. The van der Waals surface area contributed by atoms with Crippen LogP contribution in [0.3, 0.4) is 0 Å². The standard InChI is InChI=1S/C11H23NO3/c1-8(2)6-9(3)15-7-11(4,12)10(13)14-5/h8-9H,6-7,12H2,1-5H3. The number of ether oxygens (including phenoxy) is 2. The monoisotopic (exact) mass is 217 g/mol. The molecule has 0 aromatic carbocycles. The second-order valence-electron chi connectivity index (χ2n) is 4.66. The molecule has 2 atom stereocenters. The molecule has 0 spiro atoms. The maximum Gasteiger partial charge on any atom is 0.327 e. The summed E-state index contributed by atoms with van der Waals surface area (Å²) in [6, 6.07) is 0. The molecule has 4 heteroatoms. The third kappa shape index (κ3) is 5.74. The third-order valence-electron chi connectivity index (χ3n) is 2.12. The van der Waals surface area contributed by atoms with E-state index >= 15 is 0 Å². The zero-order valence-electron chi connectivity index (χ0n) is 10.4. The molecule has 0 amide bonds. The van der Waals surface area contributed by atoms with Crippen molar-refractivity contribution in [3.8, 4) is 0 Å². The highest BCUT2D eigenvalue weighted by Gasteiger charge is 2.30. The first-order chi connectivity index (χ1) is 6.79. The molecule has 90 valence electrons. The van der Waals surface area contributed by atoms with Crippen LogP contribution in [-0.4, -0.2) is 31.3 Å². The number of esters is 1. The van der Waals surface area contributed by atoms with Crippen LogP contribution in [0.5, 0.6) is 0 Å². The molecule has 0 aromatic rings. The van der Waals surface area contributed by atoms with E-state index in [0.717, 1.165) is 6.42 Å². The number of methoxy groups -OCH3 is 1. The van der Waals surface area contributed by atoms with Gasteiger partial charge in [-0.2, -0.15) is 0 Å². The van der Waals surface area contributed by atoms with Crippen molar-refractivity contribution in [2.24, 2.45) is 11.7 Å². The van der Waals surface area contributed by atoms with Gasteiger partial charge in [0.2, 0.25) is 0 Å². The summed E-state index contributed by atoms with van der Waals surface area (Å²) in [7, 11) is 1.32. The Bertz CT molecular complexity index is 202. The summed E-state index contributed by atoms with van der Waals surface area (Å²) in [5.41, 5.74) is 4.69. The van der Waals surface area contributed by atoms with E-state index in [1.54, 1.807) is 6.92 Å². The Labute approximate surface area is 92.1 Å². The van der Waals surface area contributed by atoms with E-state index in [4.69, 9.17) is 10.5 Å². The predicted molar refractivity (Wildman–Crippen MR) is 59.5 cm³/mol. The zero-order chi connectivity index (χ0) is 12.1. The fourth-order valence-corrected chi connectivity index (χ4v) is 1.34. The van der Waals surface area contributed by atoms with Crippen LogP contribution < -0.4 is 5.73 Å². The Hall–Kier alpha value is -0.610. The fraction of sp³-hybridized carbons (Fsp3) is 0.909. The molecule has 15 heavy (non-hydrogen) atoms. The summed E-state index contributed by atoms with van der Waals surface area (Å²) >= 11 is 0. The number of nitrogens with two attached hydrogens (primary N) is 1. The molecule has 2 unspecified atom stereocenters. The van der Waals surface area contributed by atoms with E-state index in [2.05, 4.69) is 18.6 Å². The van der Waals surface area contributed by atoms with Crippen molar-refractivity contribution in [1.82, 2.24) is 0 Å². The molecule has 0 saturated heterocycles. The van der Waals surface area contributed by atoms with Crippen molar-refractivity contribution in [2.45, 2.75) is 45.8 Å². The van der Waals surface area contributed by atoms with Crippen LogP contribution in [0.25, 0.3) is 0 Å². The lowest BCUT2D eigenvalue weighted by atomic mass is 10.0. The van der Waals surface area contributed by atoms with Gasteiger partial charge in [0.1, 0.15) is 5.54 Å². The number of carbonyl (C=O) groups excluding carboxylic acids is 1. The van der Waals surface area contributed by atoms with Gasteiger partial charge < -0.3 is 15.2 Å². The van der Waals surface area contributed by atoms with Crippen LogP contribution in [0.2, 0.25) is 0 Å². The lowest BCUT2D eigenvalue weighted by Gasteiger charge is -2.24. The largest absolute Gasteiger partial charge is 0.468 e. The summed E-state index contributed by atoms with van der Waals surface area (Å²) in [6.07, 6.45) is 1.06. The molecule has 0 aliphatic carbocycles. The minimum absolute atomic E-state index is 0.109. The molecule has 0 saturated carbocycles. The smallest absolute Gasteiger partial charge is 0.327 e. The molecule has 0 aliphatic rings. The summed E-state index contributed by atoms with van der Waals surface area (Å²) in [5, 5.41) is 0. The summed E-state index contributed by atoms with van der Waals surface area (Å²) in [5.74, 6) is 0.126. The van der Waals surface area contributed by atoms with Gasteiger partial charge in [0, 0.05) is 0 Å².